The van der Waals surface area contributed by atoms with Gasteiger partial charge in [0.25, 0.3) is 5.92 Å². The van der Waals surface area contributed by atoms with Crippen molar-refractivity contribution >= 4 is 5.97 Å². The molecule has 0 amide bonds. The van der Waals surface area contributed by atoms with Crippen LogP contribution in [0.4, 0.5) is 8.78 Å². The highest BCUT2D eigenvalue weighted by atomic mass is 19.3. The van der Waals surface area contributed by atoms with Crippen molar-refractivity contribution in [2.75, 3.05) is 0 Å². The van der Waals surface area contributed by atoms with Gasteiger partial charge in [-0.25, -0.2) is 9.97 Å². The Labute approximate surface area is 196 Å². The Bertz CT molecular complexity index is 1130. The Balaban J connectivity index is 1.47. The van der Waals surface area contributed by atoms with Crippen molar-refractivity contribution in [1.29, 1.82) is 0 Å². The molecule has 4 rings (SSSR count). The Morgan fingerprint density at radius 1 is 1.21 bits per heavy atom. The lowest BCUT2D eigenvalue weighted by Gasteiger charge is -2.22. The van der Waals surface area contributed by atoms with Gasteiger partial charge in [0, 0.05) is 36.3 Å². The van der Waals surface area contributed by atoms with Gasteiger partial charge in [-0.3, -0.25) is 9.78 Å². The third-order valence-electron chi connectivity index (χ3n) is 6.06. The SMILES string of the molecule is C=CC(F)(F)c1cccc(COC(=O)C(CC2CC2c2ncccn2)C(O)c2cccnc2)c1. The quantitative estimate of drug-likeness (QED) is 0.344. The third-order valence-corrected chi connectivity index (χ3v) is 6.06. The summed E-state index contributed by atoms with van der Waals surface area (Å²) in [5.41, 5.74) is 0.695. The van der Waals surface area contributed by atoms with Crippen LogP contribution in [-0.2, 0) is 22.1 Å². The van der Waals surface area contributed by atoms with Crippen LogP contribution in [0, 0.1) is 11.8 Å². The van der Waals surface area contributed by atoms with Gasteiger partial charge in [-0.05, 0) is 54.2 Å². The number of aliphatic hydroxyl groups is 1. The number of allylic oxidation sites excluding steroid dienone is 1. The molecular formula is C26H25F2N3O3. The molecule has 2 heterocycles. The summed E-state index contributed by atoms with van der Waals surface area (Å²) in [6, 6.07) is 10.8. The van der Waals surface area contributed by atoms with Crippen molar-refractivity contribution in [3.63, 3.8) is 0 Å². The number of hydrogen-bond donors (Lipinski definition) is 1. The van der Waals surface area contributed by atoms with Gasteiger partial charge in [0.2, 0.25) is 0 Å². The molecule has 1 aliphatic rings. The summed E-state index contributed by atoms with van der Waals surface area (Å²) in [7, 11) is 0. The molecule has 3 aromatic rings. The van der Waals surface area contributed by atoms with Crippen LogP contribution in [-0.4, -0.2) is 26.0 Å². The average molecular weight is 466 g/mol. The Kier molecular flexibility index (Phi) is 7.07. The fourth-order valence-electron chi connectivity index (χ4n) is 4.04. The molecule has 6 nitrogen and oxygen atoms in total. The summed E-state index contributed by atoms with van der Waals surface area (Å²) < 4.78 is 33.4. The maximum Gasteiger partial charge on any atom is 0.312 e. The number of rotatable bonds is 10. The van der Waals surface area contributed by atoms with Gasteiger partial charge in [0.15, 0.2) is 0 Å². The Morgan fingerprint density at radius 3 is 2.71 bits per heavy atom. The van der Waals surface area contributed by atoms with Gasteiger partial charge in [-0.15, -0.1) is 0 Å². The minimum Gasteiger partial charge on any atom is -0.461 e. The summed E-state index contributed by atoms with van der Waals surface area (Å²) in [6.45, 7) is 2.98. The molecule has 0 radical (unpaired) electrons. The topological polar surface area (TPSA) is 85.2 Å². The number of pyridine rings is 1. The predicted octanol–water partition coefficient (Wildman–Crippen LogP) is 4.74. The second-order valence-corrected chi connectivity index (χ2v) is 8.42. The van der Waals surface area contributed by atoms with E-state index < -0.39 is 23.9 Å². The fraction of sp³-hybridized carbons (Fsp3) is 0.308. The maximum absolute atomic E-state index is 13.9. The molecule has 1 aromatic carbocycles. The molecule has 1 fully saturated rings. The van der Waals surface area contributed by atoms with Crippen LogP contribution in [0.5, 0.6) is 0 Å². The molecular weight excluding hydrogens is 440 g/mol. The molecule has 4 unspecified atom stereocenters. The number of ether oxygens (including phenoxy) is 1. The highest BCUT2D eigenvalue weighted by Gasteiger charge is 2.45. The molecule has 34 heavy (non-hydrogen) atoms. The number of aromatic nitrogens is 3. The molecule has 8 heteroatoms. The smallest absolute Gasteiger partial charge is 0.312 e. The number of benzene rings is 1. The zero-order valence-electron chi connectivity index (χ0n) is 18.4. The number of carbonyl (C=O) groups excluding carboxylic acids is 1. The summed E-state index contributed by atoms with van der Waals surface area (Å²) in [6.07, 6.45) is 7.10. The van der Waals surface area contributed by atoms with Gasteiger partial charge in [0.1, 0.15) is 12.4 Å². The number of nitrogens with zero attached hydrogens (tertiary/aromatic N) is 3. The van der Waals surface area contributed by atoms with Crippen LogP contribution in [0.15, 0.2) is 79.9 Å². The van der Waals surface area contributed by atoms with Gasteiger partial charge >= 0.3 is 5.97 Å². The molecule has 4 atom stereocenters. The molecule has 0 spiro atoms. The second kappa shape index (κ2) is 10.2. The summed E-state index contributed by atoms with van der Waals surface area (Å²) in [5.74, 6) is -3.66. The number of halogens is 2. The minimum absolute atomic E-state index is 0.121. The van der Waals surface area contributed by atoms with Crippen molar-refractivity contribution in [1.82, 2.24) is 15.0 Å². The highest BCUT2D eigenvalue weighted by Crippen LogP contribution is 2.51. The molecule has 176 valence electrons. The zero-order valence-corrected chi connectivity index (χ0v) is 18.4. The average Bonchev–Trinajstić information content (AvgIpc) is 3.66. The Morgan fingerprint density at radius 2 is 2.00 bits per heavy atom. The van der Waals surface area contributed by atoms with Crippen molar-refractivity contribution in [3.8, 4) is 0 Å². The molecule has 1 aliphatic carbocycles. The first-order valence-electron chi connectivity index (χ1n) is 11.0. The number of carbonyl (C=O) groups is 1. The van der Waals surface area contributed by atoms with E-state index in [9.17, 15) is 18.7 Å². The van der Waals surface area contributed by atoms with E-state index in [-0.39, 0.29) is 24.0 Å². The van der Waals surface area contributed by atoms with Gasteiger partial charge in [0.05, 0.1) is 12.0 Å². The molecule has 0 saturated heterocycles. The van der Waals surface area contributed by atoms with Crippen LogP contribution in [0.1, 0.15) is 47.4 Å². The van der Waals surface area contributed by atoms with Gasteiger partial charge < -0.3 is 9.84 Å². The van der Waals surface area contributed by atoms with Crippen LogP contribution in [0.3, 0.4) is 0 Å². The molecule has 0 aliphatic heterocycles. The molecule has 1 N–H and O–H groups in total. The summed E-state index contributed by atoms with van der Waals surface area (Å²) >= 11 is 0. The lowest BCUT2D eigenvalue weighted by Crippen LogP contribution is -2.25. The van der Waals surface area contributed by atoms with E-state index in [0.29, 0.717) is 23.6 Å². The van der Waals surface area contributed by atoms with Crippen molar-refractivity contribution in [2.24, 2.45) is 11.8 Å². The maximum atomic E-state index is 13.9. The monoisotopic (exact) mass is 465 g/mol. The Hall–Kier alpha value is -3.52. The van der Waals surface area contributed by atoms with E-state index in [1.165, 1.54) is 24.4 Å². The van der Waals surface area contributed by atoms with Crippen LogP contribution in [0.25, 0.3) is 0 Å². The van der Waals surface area contributed by atoms with E-state index in [0.717, 1.165) is 12.2 Å². The summed E-state index contributed by atoms with van der Waals surface area (Å²) in [4.78, 5) is 25.7. The van der Waals surface area contributed by atoms with Crippen molar-refractivity contribution in [2.45, 2.75) is 37.4 Å². The number of hydrogen-bond acceptors (Lipinski definition) is 6. The predicted molar refractivity (Wildman–Crippen MR) is 121 cm³/mol. The van der Waals surface area contributed by atoms with Gasteiger partial charge in [-0.1, -0.05) is 30.8 Å². The van der Waals surface area contributed by atoms with Crippen LogP contribution in [0.2, 0.25) is 0 Å². The van der Waals surface area contributed by atoms with Crippen LogP contribution >= 0.6 is 0 Å². The first kappa shape index (κ1) is 23.6. The standard InChI is InChI=1S/C26H25F2N3O3/c1-2-26(27,28)20-8-3-6-17(12-20)16-34-25(33)22(23(32)18-7-4-9-29-15-18)14-19-13-21(19)24-30-10-5-11-31-24/h2-12,15,19,21-23,32H,1,13-14,16H2. The fourth-order valence-corrected chi connectivity index (χ4v) is 4.04. The van der Waals surface area contributed by atoms with Crippen molar-refractivity contribution < 1.29 is 23.4 Å². The molecule has 2 aromatic heterocycles. The first-order valence-corrected chi connectivity index (χ1v) is 11.0. The van der Waals surface area contributed by atoms with Gasteiger partial charge in [-0.2, -0.15) is 8.78 Å². The van der Waals surface area contributed by atoms with Crippen LogP contribution < -0.4 is 0 Å². The first-order chi connectivity index (χ1) is 16.4. The van der Waals surface area contributed by atoms with E-state index in [4.69, 9.17) is 4.74 Å². The largest absolute Gasteiger partial charge is 0.461 e. The minimum atomic E-state index is -3.18. The molecule has 0 bridgehead atoms. The lowest BCUT2D eigenvalue weighted by atomic mass is 9.91. The third kappa shape index (κ3) is 5.51. The van der Waals surface area contributed by atoms with E-state index in [1.54, 1.807) is 42.9 Å². The number of aliphatic hydroxyl groups excluding tert-OH is 1. The van der Waals surface area contributed by atoms with Crippen molar-refractivity contribution in [3.05, 3.63) is 102 Å². The van der Waals surface area contributed by atoms with E-state index in [2.05, 4.69) is 21.5 Å². The van der Waals surface area contributed by atoms with E-state index in [1.807, 2.05) is 0 Å². The molecule has 1 saturated carbocycles. The second-order valence-electron chi connectivity index (χ2n) is 8.42. The van der Waals surface area contributed by atoms with E-state index >= 15 is 0 Å². The summed E-state index contributed by atoms with van der Waals surface area (Å²) in [5, 5.41) is 11.0. The highest BCUT2D eigenvalue weighted by molar-refractivity contribution is 5.73. The lowest BCUT2D eigenvalue weighted by molar-refractivity contribution is -0.154. The zero-order chi connectivity index (χ0) is 24.1. The number of esters is 1. The number of alkyl halides is 2. The normalized spacial score (nSPS) is 19.1.